The van der Waals surface area contributed by atoms with Crippen molar-refractivity contribution in [3.63, 3.8) is 0 Å². The molecule has 0 atom stereocenters. The Hall–Kier alpha value is -1.12. The van der Waals surface area contributed by atoms with E-state index in [4.69, 9.17) is 0 Å². The molecule has 0 radical (unpaired) electrons. The highest BCUT2D eigenvalue weighted by Gasteiger charge is 2.23. The maximum atomic E-state index is 11.2. The predicted molar refractivity (Wildman–Crippen MR) is 58.7 cm³/mol. The molecule has 15 heavy (non-hydrogen) atoms. The minimum atomic E-state index is 0.417. The summed E-state index contributed by atoms with van der Waals surface area (Å²) in [5, 5.41) is 0. The highest BCUT2D eigenvalue weighted by Crippen LogP contribution is 2.30. The lowest BCUT2D eigenvalue weighted by Gasteiger charge is -2.21. The molecule has 1 saturated carbocycles. The van der Waals surface area contributed by atoms with Crippen molar-refractivity contribution in [2.75, 3.05) is 0 Å². The summed E-state index contributed by atoms with van der Waals surface area (Å²) >= 11 is 0. The largest absolute Gasteiger partial charge is 0.335 e. The number of aryl methyl sites for hydroxylation is 1. The van der Waals surface area contributed by atoms with Crippen molar-refractivity contribution in [3.05, 3.63) is 18.2 Å². The molecule has 1 heterocycles. The van der Waals surface area contributed by atoms with Gasteiger partial charge in [-0.1, -0.05) is 6.92 Å². The van der Waals surface area contributed by atoms with Crippen LogP contribution in [0.5, 0.6) is 0 Å². The molecule has 0 N–H and O–H groups in total. The second-order valence-corrected chi connectivity index (χ2v) is 4.29. The fourth-order valence-corrected chi connectivity index (χ4v) is 2.31. The van der Waals surface area contributed by atoms with Crippen molar-refractivity contribution >= 4 is 5.78 Å². The van der Waals surface area contributed by atoms with Crippen molar-refractivity contribution < 1.29 is 4.79 Å². The fourth-order valence-electron chi connectivity index (χ4n) is 2.31. The highest BCUT2D eigenvalue weighted by molar-refractivity contribution is 5.79. The first-order valence-corrected chi connectivity index (χ1v) is 5.84. The van der Waals surface area contributed by atoms with Crippen LogP contribution in [-0.2, 0) is 11.3 Å². The molecule has 0 saturated heterocycles. The molecule has 0 aliphatic heterocycles. The van der Waals surface area contributed by atoms with Crippen LogP contribution in [0.15, 0.2) is 12.4 Å². The van der Waals surface area contributed by atoms with Gasteiger partial charge in [0, 0.05) is 37.7 Å². The van der Waals surface area contributed by atoms with Crippen molar-refractivity contribution in [1.82, 2.24) is 9.55 Å². The highest BCUT2D eigenvalue weighted by atomic mass is 16.1. The van der Waals surface area contributed by atoms with Crippen molar-refractivity contribution in [1.29, 1.82) is 0 Å². The number of imidazole rings is 1. The van der Waals surface area contributed by atoms with Crippen LogP contribution in [-0.4, -0.2) is 15.3 Å². The Bertz CT molecular complexity index is 333. The standard InChI is InChI=1S/C12H18N2O/c1-2-8-14-9-7-13-12(14)10-3-5-11(15)6-4-10/h7,9-10H,2-6,8H2,1H3. The summed E-state index contributed by atoms with van der Waals surface area (Å²) in [4.78, 5) is 15.6. The Morgan fingerprint density at radius 2 is 2.20 bits per heavy atom. The van der Waals surface area contributed by atoms with Gasteiger partial charge in [-0.2, -0.15) is 0 Å². The van der Waals surface area contributed by atoms with Crippen molar-refractivity contribution in [2.24, 2.45) is 0 Å². The Morgan fingerprint density at radius 3 is 2.87 bits per heavy atom. The van der Waals surface area contributed by atoms with E-state index in [-0.39, 0.29) is 0 Å². The number of aromatic nitrogens is 2. The predicted octanol–water partition coefficient (Wildman–Crippen LogP) is 2.52. The molecule has 1 aliphatic rings. The van der Waals surface area contributed by atoms with Gasteiger partial charge in [-0.25, -0.2) is 4.98 Å². The maximum Gasteiger partial charge on any atom is 0.132 e. The zero-order valence-corrected chi connectivity index (χ0v) is 9.28. The van der Waals surface area contributed by atoms with Crippen LogP contribution in [0.3, 0.4) is 0 Å². The zero-order chi connectivity index (χ0) is 10.7. The lowest BCUT2D eigenvalue weighted by atomic mass is 9.88. The van der Waals surface area contributed by atoms with Crippen LogP contribution >= 0.6 is 0 Å². The number of Topliss-reactive ketones (excluding diaryl/α,β-unsaturated/α-hetero) is 1. The van der Waals surface area contributed by atoms with Gasteiger partial charge in [0.2, 0.25) is 0 Å². The molecule has 3 heteroatoms. The number of ketones is 1. The van der Waals surface area contributed by atoms with E-state index in [2.05, 4.69) is 22.7 Å². The molecule has 3 nitrogen and oxygen atoms in total. The second-order valence-electron chi connectivity index (χ2n) is 4.29. The van der Waals surface area contributed by atoms with E-state index < -0.39 is 0 Å². The molecule has 82 valence electrons. The van der Waals surface area contributed by atoms with E-state index >= 15 is 0 Å². The van der Waals surface area contributed by atoms with Crippen LogP contribution in [0.25, 0.3) is 0 Å². The molecule has 2 rings (SSSR count). The maximum absolute atomic E-state index is 11.2. The lowest BCUT2D eigenvalue weighted by Crippen LogP contribution is -2.16. The van der Waals surface area contributed by atoms with Gasteiger partial charge in [-0.15, -0.1) is 0 Å². The first-order valence-electron chi connectivity index (χ1n) is 5.84. The number of rotatable bonds is 3. The van der Waals surface area contributed by atoms with E-state index in [1.807, 2.05) is 6.20 Å². The molecule has 0 aromatic carbocycles. The summed E-state index contributed by atoms with van der Waals surface area (Å²) < 4.78 is 2.24. The van der Waals surface area contributed by atoms with E-state index in [0.29, 0.717) is 11.7 Å². The lowest BCUT2D eigenvalue weighted by molar-refractivity contribution is -0.120. The van der Waals surface area contributed by atoms with Gasteiger partial charge in [0.15, 0.2) is 0 Å². The van der Waals surface area contributed by atoms with Gasteiger partial charge < -0.3 is 4.57 Å². The summed E-state index contributed by atoms with van der Waals surface area (Å²) in [7, 11) is 0. The van der Waals surface area contributed by atoms with Crippen LogP contribution in [0.4, 0.5) is 0 Å². The van der Waals surface area contributed by atoms with Gasteiger partial charge in [0.1, 0.15) is 11.6 Å². The second kappa shape index (κ2) is 4.60. The number of carbonyl (C=O) groups excluding carboxylic acids is 1. The molecular weight excluding hydrogens is 188 g/mol. The zero-order valence-electron chi connectivity index (χ0n) is 9.28. The molecule has 0 spiro atoms. The van der Waals surface area contributed by atoms with Crippen LogP contribution in [0, 0.1) is 0 Å². The summed E-state index contributed by atoms with van der Waals surface area (Å²) in [5.41, 5.74) is 0. The monoisotopic (exact) mass is 206 g/mol. The Balaban J connectivity index is 2.08. The third-order valence-corrected chi connectivity index (χ3v) is 3.12. The van der Waals surface area contributed by atoms with E-state index in [9.17, 15) is 4.79 Å². The van der Waals surface area contributed by atoms with E-state index in [1.165, 1.54) is 5.82 Å². The Morgan fingerprint density at radius 1 is 1.47 bits per heavy atom. The van der Waals surface area contributed by atoms with Gasteiger partial charge >= 0.3 is 0 Å². The average molecular weight is 206 g/mol. The van der Waals surface area contributed by atoms with Crippen LogP contribution in [0.1, 0.15) is 50.8 Å². The van der Waals surface area contributed by atoms with Gasteiger partial charge in [0.05, 0.1) is 0 Å². The van der Waals surface area contributed by atoms with Crippen molar-refractivity contribution in [3.8, 4) is 0 Å². The average Bonchev–Trinajstić information content (AvgIpc) is 2.68. The number of nitrogens with zero attached hydrogens (tertiary/aromatic N) is 2. The number of hydrogen-bond acceptors (Lipinski definition) is 2. The summed E-state index contributed by atoms with van der Waals surface area (Å²) in [5.74, 6) is 2.11. The molecule has 1 aliphatic carbocycles. The normalized spacial score (nSPS) is 18.3. The molecule has 1 aromatic heterocycles. The molecule has 0 unspecified atom stereocenters. The summed E-state index contributed by atoms with van der Waals surface area (Å²) in [6.45, 7) is 3.22. The molecular formula is C12H18N2O. The molecule has 0 bridgehead atoms. The van der Waals surface area contributed by atoms with Gasteiger partial charge in [-0.3, -0.25) is 4.79 Å². The van der Waals surface area contributed by atoms with Gasteiger partial charge in [-0.05, 0) is 19.3 Å². The quantitative estimate of drug-likeness (QED) is 0.761. The first-order chi connectivity index (χ1) is 7.31. The summed E-state index contributed by atoms with van der Waals surface area (Å²) in [6, 6.07) is 0. The minimum absolute atomic E-state index is 0.417. The fraction of sp³-hybridized carbons (Fsp3) is 0.667. The molecule has 1 aromatic rings. The van der Waals surface area contributed by atoms with E-state index in [0.717, 1.165) is 38.6 Å². The summed E-state index contributed by atoms with van der Waals surface area (Å²) in [6.07, 6.45) is 8.51. The van der Waals surface area contributed by atoms with Crippen LogP contribution < -0.4 is 0 Å². The van der Waals surface area contributed by atoms with E-state index in [1.54, 1.807) is 0 Å². The number of hydrogen-bond donors (Lipinski definition) is 0. The minimum Gasteiger partial charge on any atom is -0.335 e. The third kappa shape index (κ3) is 2.28. The smallest absolute Gasteiger partial charge is 0.132 e. The Kier molecular flexibility index (Phi) is 3.19. The Labute approximate surface area is 90.5 Å². The molecule has 0 amide bonds. The third-order valence-electron chi connectivity index (χ3n) is 3.12. The van der Waals surface area contributed by atoms with Crippen molar-refractivity contribution in [2.45, 2.75) is 51.5 Å². The van der Waals surface area contributed by atoms with Gasteiger partial charge in [0.25, 0.3) is 0 Å². The van der Waals surface area contributed by atoms with Crippen LogP contribution in [0.2, 0.25) is 0 Å². The topological polar surface area (TPSA) is 34.9 Å². The first kappa shape index (κ1) is 10.4. The SMILES string of the molecule is CCCn1ccnc1C1CCC(=O)CC1. The molecule has 1 fully saturated rings. The number of carbonyl (C=O) groups is 1.